The average molecular weight is 353 g/mol. The van der Waals surface area contributed by atoms with Gasteiger partial charge in [0.2, 0.25) is 0 Å². The van der Waals surface area contributed by atoms with Crippen LogP contribution in [-0.2, 0) is 11.3 Å². The molecule has 1 amide bonds. The van der Waals surface area contributed by atoms with E-state index in [-0.39, 0.29) is 5.91 Å². The van der Waals surface area contributed by atoms with Crippen LogP contribution < -0.4 is 0 Å². The fraction of sp³-hybridized carbons (Fsp3) is 0.278. The van der Waals surface area contributed by atoms with E-state index in [1.807, 2.05) is 55.2 Å². The summed E-state index contributed by atoms with van der Waals surface area (Å²) in [5, 5.41) is 5.18. The summed E-state index contributed by atoms with van der Waals surface area (Å²) < 4.78 is 1.82. The molecule has 0 aliphatic carbocycles. The molecule has 6 nitrogen and oxygen atoms in total. The van der Waals surface area contributed by atoms with Crippen molar-refractivity contribution in [3.8, 4) is 5.69 Å². The third kappa shape index (κ3) is 2.95. The Morgan fingerprint density at radius 1 is 1.32 bits per heavy atom. The molecule has 2 aliphatic heterocycles. The molecule has 0 saturated heterocycles. The lowest BCUT2D eigenvalue weighted by Crippen LogP contribution is -2.27. The number of nitrogens with zero attached hydrogens (tertiary/aromatic N) is 5. The number of carbonyl (C=O) groups is 1. The first kappa shape index (κ1) is 16.0. The van der Waals surface area contributed by atoms with Gasteiger partial charge in [0.05, 0.1) is 17.1 Å². The third-order valence-electron chi connectivity index (χ3n) is 4.39. The molecule has 7 heteroatoms. The van der Waals surface area contributed by atoms with Crippen LogP contribution >= 0.6 is 11.8 Å². The number of aromatic nitrogens is 2. The molecule has 4 rings (SSSR count). The topological polar surface area (TPSA) is 53.7 Å². The van der Waals surface area contributed by atoms with Gasteiger partial charge in [-0.3, -0.25) is 9.79 Å². The maximum Gasteiger partial charge on any atom is 0.262 e. The Labute approximate surface area is 150 Å². The number of rotatable bonds is 4. The Kier molecular flexibility index (Phi) is 4.09. The first-order chi connectivity index (χ1) is 12.1. The molecule has 0 radical (unpaired) electrons. The van der Waals surface area contributed by atoms with Crippen molar-refractivity contribution in [2.45, 2.75) is 13.5 Å². The number of amidine groups is 1. The highest BCUT2D eigenvalue weighted by Crippen LogP contribution is 2.37. The van der Waals surface area contributed by atoms with Crippen LogP contribution in [0.25, 0.3) is 5.69 Å². The van der Waals surface area contributed by atoms with Gasteiger partial charge in [0.15, 0.2) is 5.17 Å². The van der Waals surface area contributed by atoms with Gasteiger partial charge in [-0.2, -0.15) is 5.10 Å². The van der Waals surface area contributed by atoms with E-state index in [1.165, 1.54) is 11.8 Å². The summed E-state index contributed by atoms with van der Waals surface area (Å²) in [4.78, 5) is 21.9. The second-order valence-corrected chi connectivity index (χ2v) is 7.09. The third-order valence-corrected chi connectivity index (χ3v) is 5.60. The molecule has 0 unspecified atom stereocenters. The van der Waals surface area contributed by atoms with Gasteiger partial charge in [0.1, 0.15) is 0 Å². The summed E-state index contributed by atoms with van der Waals surface area (Å²) >= 11 is 1.49. The molecule has 0 fully saturated rings. The number of likely N-dealkylation sites (N-methyl/N-ethyl adjacent to an activating group) is 1. The predicted octanol–water partition coefficient (Wildman–Crippen LogP) is 2.48. The van der Waals surface area contributed by atoms with Gasteiger partial charge in [-0.15, -0.1) is 0 Å². The Hall–Kier alpha value is -2.54. The number of allylic oxidation sites excluding steroid dienone is 1. The molecular formula is C18H19N5OS. The Morgan fingerprint density at radius 3 is 2.80 bits per heavy atom. The van der Waals surface area contributed by atoms with Gasteiger partial charge >= 0.3 is 0 Å². The zero-order chi connectivity index (χ0) is 17.4. The number of hydrogen-bond donors (Lipinski definition) is 0. The fourth-order valence-electron chi connectivity index (χ4n) is 3.01. The highest BCUT2D eigenvalue weighted by atomic mass is 32.2. The lowest BCUT2D eigenvalue weighted by Gasteiger charge is -2.18. The lowest BCUT2D eigenvalue weighted by atomic mass is 10.2. The van der Waals surface area contributed by atoms with Gasteiger partial charge in [0.25, 0.3) is 5.91 Å². The summed E-state index contributed by atoms with van der Waals surface area (Å²) in [5.41, 5.74) is 3.12. The number of thioether (sulfide) groups is 1. The predicted molar refractivity (Wildman–Crippen MR) is 99.3 cm³/mol. The minimum absolute atomic E-state index is 0.0516. The van der Waals surface area contributed by atoms with Gasteiger partial charge in [-0.25, -0.2) is 4.68 Å². The van der Waals surface area contributed by atoms with Crippen LogP contribution in [0.15, 0.2) is 58.3 Å². The Balaban J connectivity index is 1.45. The van der Waals surface area contributed by atoms with Crippen molar-refractivity contribution in [1.82, 2.24) is 19.6 Å². The molecule has 1 aromatic carbocycles. The summed E-state index contributed by atoms with van der Waals surface area (Å²) in [6.45, 7) is 4.27. The highest BCUT2D eigenvalue weighted by molar-refractivity contribution is 8.18. The normalized spacial score (nSPS) is 16.2. The minimum Gasteiger partial charge on any atom is -0.337 e. The smallest absolute Gasteiger partial charge is 0.262 e. The van der Waals surface area contributed by atoms with E-state index in [2.05, 4.69) is 15.0 Å². The molecule has 2 aromatic rings. The second-order valence-electron chi connectivity index (χ2n) is 6.11. The quantitative estimate of drug-likeness (QED) is 0.847. The fourth-order valence-corrected chi connectivity index (χ4v) is 4.18. The van der Waals surface area contributed by atoms with E-state index >= 15 is 0 Å². The van der Waals surface area contributed by atoms with Gasteiger partial charge in [0, 0.05) is 38.2 Å². The van der Waals surface area contributed by atoms with E-state index in [9.17, 15) is 4.79 Å². The van der Waals surface area contributed by atoms with E-state index in [4.69, 9.17) is 0 Å². The Bertz CT molecular complexity index is 854. The van der Waals surface area contributed by atoms with Crippen molar-refractivity contribution in [3.05, 3.63) is 58.9 Å². The highest BCUT2D eigenvalue weighted by Gasteiger charge is 2.34. The van der Waals surface area contributed by atoms with Crippen LogP contribution in [0.5, 0.6) is 0 Å². The van der Waals surface area contributed by atoms with Crippen molar-refractivity contribution in [3.63, 3.8) is 0 Å². The molecule has 0 atom stereocenters. The molecule has 0 saturated carbocycles. The summed E-state index contributed by atoms with van der Waals surface area (Å²) in [7, 11) is 1.84. The van der Waals surface area contributed by atoms with Crippen LogP contribution in [0, 0.1) is 0 Å². The van der Waals surface area contributed by atoms with Crippen LogP contribution in [0.4, 0.5) is 0 Å². The minimum atomic E-state index is 0.0516. The van der Waals surface area contributed by atoms with E-state index in [1.54, 1.807) is 11.1 Å². The largest absolute Gasteiger partial charge is 0.337 e. The van der Waals surface area contributed by atoms with Gasteiger partial charge in [-0.1, -0.05) is 12.1 Å². The van der Waals surface area contributed by atoms with Crippen LogP contribution in [0.3, 0.4) is 0 Å². The van der Waals surface area contributed by atoms with E-state index in [0.717, 1.165) is 40.1 Å². The molecule has 2 aliphatic rings. The summed E-state index contributed by atoms with van der Waals surface area (Å²) in [6, 6.07) is 9.99. The lowest BCUT2D eigenvalue weighted by molar-refractivity contribution is -0.125. The first-order valence-electron chi connectivity index (χ1n) is 8.18. The van der Waals surface area contributed by atoms with Crippen molar-refractivity contribution < 1.29 is 4.79 Å². The maximum atomic E-state index is 12.8. The standard InChI is InChI=1S/C18H19N5OS/c1-13-16(25-18-19-9-11-22(13)18)17(24)21(2)12-14-4-6-15(7-5-14)23-10-3-8-20-23/h3-8,10H,9,11-12H2,1-2H3. The Morgan fingerprint density at radius 2 is 2.12 bits per heavy atom. The monoisotopic (exact) mass is 353 g/mol. The molecule has 0 spiro atoms. The number of benzene rings is 1. The van der Waals surface area contributed by atoms with Crippen molar-refractivity contribution in [2.24, 2.45) is 4.99 Å². The van der Waals surface area contributed by atoms with E-state index < -0.39 is 0 Å². The van der Waals surface area contributed by atoms with E-state index in [0.29, 0.717) is 6.54 Å². The molecule has 128 valence electrons. The molecule has 0 bridgehead atoms. The number of carbonyl (C=O) groups excluding carboxylic acids is 1. The van der Waals surface area contributed by atoms with Crippen LogP contribution in [-0.4, -0.2) is 50.8 Å². The molecule has 1 aromatic heterocycles. The number of fused-ring (bicyclic) bond motifs is 1. The maximum absolute atomic E-state index is 12.8. The second kappa shape index (κ2) is 6.40. The van der Waals surface area contributed by atoms with Gasteiger partial charge < -0.3 is 9.80 Å². The molecular weight excluding hydrogens is 334 g/mol. The molecule has 3 heterocycles. The average Bonchev–Trinajstić information content (AvgIpc) is 3.34. The number of aliphatic imine (C=N–C) groups is 1. The van der Waals surface area contributed by atoms with Crippen LogP contribution in [0.1, 0.15) is 12.5 Å². The van der Waals surface area contributed by atoms with Gasteiger partial charge in [-0.05, 0) is 42.4 Å². The van der Waals surface area contributed by atoms with Crippen LogP contribution in [0.2, 0.25) is 0 Å². The first-order valence-corrected chi connectivity index (χ1v) is 9.00. The van der Waals surface area contributed by atoms with Crippen molar-refractivity contribution in [1.29, 1.82) is 0 Å². The zero-order valence-electron chi connectivity index (χ0n) is 14.2. The number of amides is 1. The summed E-state index contributed by atoms with van der Waals surface area (Å²) in [6.07, 6.45) is 3.66. The zero-order valence-corrected chi connectivity index (χ0v) is 15.0. The summed E-state index contributed by atoms with van der Waals surface area (Å²) in [5.74, 6) is 0.0516. The number of hydrogen-bond acceptors (Lipinski definition) is 5. The SMILES string of the molecule is CC1=C(C(=O)N(C)Cc2ccc(-n3cccn3)cc2)SC2=NCCN21. The molecule has 25 heavy (non-hydrogen) atoms. The van der Waals surface area contributed by atoms with Crippen molar-refractivity contribution >= 4 is 22.8 Å². The van der Waals surface area contributed by atoms with Crippen molar-refractivity contribution in [2.75, 3.05) is 20.1 Å². The molecule has 0 N–H and O–H groups in total.